The number of hydrogen-bond acceptors (Lipinski definition) is 5. The van der Waals surface area contributed by atoms with Gasteiger partial charge in [0.2, 0.25) is 0 Å². The maximum Gasteiger partial charge on any atom is 0.254 e. The zero-order valence-electron chi connectivity index (χ0n) is 11.5. The second-order valence-corrected chi connectivity index (χ2v) is 4.81. The summed E-state index contributed by atoms with van der Waals surface area (Å²) >= 11 is 0. The zero-order valence-corrected chi connectivity index (χ0v) is 11.5. The molecule has 1 aromatic carbocycles. The number of morpholine rings is 1. The van der Waals surface area contributed by atoms with Gasteiger partial charge in [0.1, 0.15) is 5.82 Å². The van der Waals surface area contributed by atoms with Gasteiger partial charge in [-0.25, -0.2) is 4.98 Å². The summed E-state index contributed by atoms with van der Waals surface area (Å²) in [7, 11) is 0. The van der Waals surface area contributed by atoms with Crippen LogP contribution in [0.3, 0.4) is 0 Å². The van der Waals surface area contributed by atoms with Crippen LogP contribution in [0.25, 0.3) is 11.3 Å². The highest BCUT2D eigenvalue weighted by molar-refractivity contribution is 5.94. The van der Waals surface area contributed by atoms with Crippen LogP contribution < -0.4 is 5.73 Å². The van der Waals surface area contributed by atoms with Crippen molar-refractivity contribution < 1.29 is 9.53 Å². The Morgan fingerprint density at radius 3 is 2.43 bits per heavy atom. The van der Waals surface area contributed by atoms with E-state index in [-0.39, 0.29) is 5.91 Å². The number of amides is 1. The molecule has 1 aliphatic rings. The quantitative estimate of drug-likeness (QED) is 0.896. The predicted octanol–water partition coefficient (Wildman–Crippen LogP) is 1.20. The van der Waals surface area contributed by atoms with Crippen LogP contribution >= 0.6 is 0 Å². The van der Waals surface area contributed by atoms with Crippen molar-refractivity contribution in [2.24, 2.45) is 0 Å². The molecular formula is C15H16N4O2. The highest BCUT2D eigenvalue weighted by Crippen LogP contribution is 2.18. The van der Waals surface area contributed by atoms with E-state index in [2.05, 4.69) is 9.97 Å². The average molecular weight is 284 g/mol. The van der Waals surface area contributed by atoms with Crippen molar-refractivity contribution >= 4 is 11.7 Å². The molecular weight excluding hydrogens is 268 g/mol. The molecule has 0 unspecified atom stereocenters. The van der Waals surface area contributed by atoms with Crippen LogP contribution in [0.4, 0.5) is 5.82 Å². The van der Waals surface area contributed by atoms with Gasteiger partial charge in [0.15, 0.2) is 0 Å². The lowest BCUT2D eigenvalue weighted by atomic mass is 10.1. The molecule has 0 spiro atoms. The van der Waals surface area contributed by atoms with Gasteiger partial charge in [0.05, 0.1) is 31.3 Å². The fraction of sp³-hybridized carbons (Fsp3) is 0.267. The lowest BCUT2D eigenvalue weighted by molar-refractivity contribution is 0.0303. The summed E-state index contributed by atoms with van der Waals surface area (Å²) in [6.07, 6.45) is 3.14. The van der Waals surface area contributed by atoms with E-state index in [1.165, 1.54) is 6.20 Å². The molecule has 2 N–H and O–H groups in total. The maximum absolute atomic E-state index is 12.3. The molecule has 2 aromatic rings. The van der Waals surface area contributed by atoms with Crippen molar-refractivity contribution in [2.75, 3.05) is 32.0 Å². The standard InChI is InChI=1S/C15H16N4O2/c16-14-10-17-13(9-18-14)11-1-3-12(4-2-11)15(20)19-5-7-21-8-6-19/h1-4,9-10H,5-8H2,(H2,16,18). The first-order chi connectivity index (χ1) is 10.2. The monoisotopic (exact) mass is 284 g/mol. The first-order valence-electron chi connectivity index (χ1n) is 6.79. The summed E-state index contributed by atoms with van der Waals surface area (Å²) in [4.78, 5) is 22.4. The topological polar surface area (TPSA) is 81.3 Å². The van der Waals surface area contributed by atoms with Gasteiger partial charge in [-0.1, -0.05) is 12.1 Å². The van der Waals surface area contributed by atoms with Gasteiger partial charge in [-0.05, 0) is 12.1 Å². The minimum atomic E-state index is 0.0354. The Bertz CT molecular complexity index is 619. The molecule has 1 aliphatic heterocycles. The number of nitrogens with two attached hydrogens (primary N) is 1. The van der Waals surface area contributed by atoms with E-state index in [0.29, 0.717) is 37.7 Å². The van der Waals surface area contributed by atoms with E-state index in [1.807, 2.05) is 29.2 Å². The van der Waals surface area contributed by atoms with Crippen molar-refractivity contribution in [3.8, 4) is 11.3 Å². The third-order valence-electron chi connectivity index (χ3n) is 3.40. The molecule has 108 valence electrons. The fourth-order valence-electron chi connectivity index (χ4n) is 2.22. The SMILES string of the molecule is Nc1cnc(-c2ccc(C(=O)N3CCOCC3)cc2)cn1. The Morgan fingerprint density at radius 1 is 1.10 bits per heavy atom. The van der Waals surface area contributed by atoms with Crippen LogP contribution in [0.2, 0.25) is 0 Å². The van der Waals surface area contributed by atoms with Gasteiger partial charge in [-0.2, -0.15) is 0 Å². The van der Waals surface area contributed by atoms with Crippen LogP contribution in [-0.4, -0.2) is 47.1 Å². The highest BCUT2D eigenvalue weighted by atomic mass is 16.5. The average Bonchev–Trinajstić information content (AvgIpc) is 2.56. The molecule has 0 saturated carbocycles. The highest BCUT2D eigenvalue weighted by Gasteiger charge is 2.18. The Labute approximate surface area is 122 Å². The normalized spacial score (nSPS) is 15.0. The Morgan fingerprint density at radius 2 is 1.81 bits per heavy atom. The van der Waals surface area contributed by atoms with Gasteiger partial charge in [0, 0.05) is 24.2 Å². The van der Waals surface area contributed by atoms with E-state index in [9.17, 15) is 4.79 Å². The largest absolute Gasteiger partial charge is 0.382 e. The minimum Gasteiger partial charge on any atom is -0.382 e. The fourth-order valence-corrected chi connectivity index (χ4v) is 2.22. The maximum atomic E-state index is 12.3. The lowest BCUT2D eigenvalue weighted by Crippen LogP contribution is -2.40. The van der Waals surface area contributed by atoms with Gasteiger partial charge in [-0.3, -0.25) is 9.78 Å². The molecule has 1 fully saturated rings. The summed E-state index contributed by atoms with van der Waals surface area (Å²) in [5, 5.41) is 0. The molecule has 0 atom stereocenters. The van der Waals surface area contributed by atoms with Crippen LogP contribution in [0, 0.1) is 0 Å². The molecule has 2 heterocycles. The number of rotatable bonds is 2. The summed E-state index contributed by atoms with van der Waals surface area (Å²) in [5.41, 5.74) is 7.82. The third kappa shape index (κ3) is 3.00. The number of benzene rings is 1. The Hall–Kier alpha value is -2.47. The molecule has 0 radical (unpaired) electrons. The van der Waals surface area contributed by atoms with E-state index in [4.69, 9.17) is 10.5 Å². The Balaban J connectivity index is 1.77. The van der Waals surface area contributed by atoms with E-state index in [1.54, 1.807) is 6.20 Å². The minimum absolute atomic E-state index is 0.0354. The van der Waals surface area contributed by atoms with Gasteiger partial charge < -0.3 is 15.4 Å². The number of anilines is 1. The van der Waals surface area contributed by atoms with Crippen molar-refractivity contribution in [3.05, 3.63) is 42.2 Å². The van der Waals surface area contributed by atoms with Crippen molar-refractivity contribution in [2.45, 2.75) is 0 Å². The van der Waals surface area contributed by atoms with Crippen LogP contribution in [0.15, 0.2) is 36.7 Å². The number of nitrogen functional groups attached to an aromatic ring is 1. The second-order valence-electron chi connectivity index (χ2n) is 4.81. The van der Waals surface area contributed by atoms with E-state index < -0.39 is 0 Å². The lowest BCUT2D eigenvalue weighted by Gasteiger charge is -2.26. The molecule has 6 heteroatoms. The molecule has 21 heavy (non-hydrogen) atoms. The number of nitrogens with zero attached hydrogens (tertiary/aromatic N) is 3. The number of aromatic nitrogens is 2. The molecule has 1 aromatic heterocycles. The summed E-state index contributed by atoms with van der Waals surface area (Å²) < 4.78 is 5.25. The third-order valence-corrected chi connectivity index (χ3v) is 3.40. The van der Waals surface area contributed by atoms with Gasteiger partial charge >= 0.3 is 0 Å². The second kappa shape index (κ2) is 5.88. The van der Waals surface area contributed by atoms with Crippen molar-refractivity contribution in [3.63, 3.8) is 0 Å². The van der Waals surface area contributed by atoms with Crippen LogP contribution in [0.5, 0.6) is 0 Å². The molecule has 1 amide bonds. The summed E-state index contributed by atoms with van der Waals surface area (Å²) in [5.74, 6) is 0.422. The molecule has 0 bridgehead atoms. The number of hydrogen-bond donors (Lipinski definition) is 1. The first kappa shape index (κ1) is 13.5. The van der Waals surface area contributed by atoms with Crippen LogP contribution in [-0.2, 0) is 4.74 Å². The first-order valence-corrected chi connectivity index (χ1v) is 6.79. The van der Waals surface area contributed by atoms with E-state index in [0.717, 1.165) is 11.3 Å². The van der Waals surface area contributed by atoms with Gasteiger partial charge in [0.25, 0.3) is 5.91 Å². The van der Waals surface area contributed by atoms with E-state index >= 15 is 0 Å². The number of carbonyl (C=O) groups is 1. The molecule has 1 saturated heterocycles. The zero-order chi connectivity index (χ0) is 14.7. The predicted molar refractivity (Wildman–Crippen MR) is 78.6 cm³/mol. The number of ether oxygens (including phenoxy) is 1. The van der Waals surface area contributed by atoms with Crippen molar-refractivity contribution in [1.29, 1.82) is 0 Å². The van der Waals surface area contributed by atoms with Gasteiger partial charge in [-0.15, -0.1) is 0 Å². The molecule has 3 rings (SSSR count). The van der Waals surface area contributed by atoms with Crippen molar-refractivity contribution in [1.82, 2.24) is 14.9 Å². The van der Waals surface area contributed by atoms with Crippen LogP contribution in [0.1, 0.15) is 10.4 Å². The molecule has 6 nitrogen and oxygen atoms in total. The number of carbonyl (C=O) groups excluding carboxylic acids is 1. The summed E-state index contributed by atoms with van der Waals surface area (Å²) in [6.45, 7) is 2.49. The summed E-state index contributed by atoms with van der Waals surface area (Å²) in [6, 6.07) is 7.36. The molecule has 0 aliphatic carbocycles. The smallest absolute Gasteiger partial charge is 0.254 e. The Kier molecular flexibility index (Phi) is 3.79.